The molecule has 19 heavy (non-hydrogen) atoms. The zero-order chi connectivity index (χ0) is 14.8. The van der Waals surface area contributed by atoms with E-state index < -0.39 is 6.04 Å². The Morgan fingerprint density at radius 2 is 2.00 bits per heavy atom. The van der Waals surface area contributed by atoms with E-state index in [0.29, 0.717) is 13.0 Å². The van der Waals surface area contributed by atoms with Gasteiger partial charge in [0.25, 0.3) is 0 Å². The van der Waals surface area contributed by atoms with Gasteiger partial charge in [-0.1, -0.05) is 20.8 Å². The van der Waals surface area contributed by atoms with Crippen molar-refractivity contribution in [3.8, 4) is 0 Å². The third-order valence-electron chi connectivity index (χ3n) is 3.57. The summed E-state index contributed by atoms with van der Waals surface area (Å²) in [7, 11) is 1.63. The zero-order valence-electron chi connectivity index (χ0n) is 12.8. The summed E-state index contributed by atoms with van der Waals surface area (Å²) in [5.41, 5.74) is -0.300. The summed E-state index contributed by atoms with van der Waals surface area (Å²) in [4.78, 5) is 26.3. The van der Waals surface area contributed by atoms with Crippen molar-refractivity contribution >= 4 is 11.8 Å². The lowest BCUT2D eigenvalue weighted by Gasteiger charge is -2.35. The van der Waals surface area contributed by atoms with Crippen LogP contribution >= 0.6 is 0 Å². The van der Waals surface area contributed by atoms with Gasteiger partial charge in [0, 0.05) is 26.1 Å². The molecule has 1 N–H and O–H groups in total. The molecular formula is C14H26N2O3. The number of ether oxygens (including phenoxy) is 1. The first-order valence-electron chi connectivity index (χ1n) is 6.79. The molecule has 0 aromatic heterocycles. The molecule has 3 atom stereocenters. The van der Waals surface area contributed by atoms with Crippen LogP contribution in [0, 0.1) is 5.41 Å². The summed E-state index contributed by atoms with van der Waals surface area (Å²) in [6, 6.07) is -0.577. The van der Waals surface area contributed by atoms with Crippen molar-refractivity contribution in [3.05, 3.63) is 0 Å². The summed E-state index contributed by atoms with van der Waals surface area (Å²) in [6.07, 6.45) is 0.301. The molecule has 110 valence electrons. The van der Waals surface area contributed by atoms with Crippen molar-refractivity contribution in [2.24, 2.45) is 5.41 Å². The average molecular weight is 270 g/mol. The molecule has 0 aromatic rings. The highest BCUT2D eigenvalue weighted by Gasteiger charge is 2.40. The second kappa shape index (κ2) is 5.90. The Morgan fingerprint density at radius 3 is 2.47 bits per heavy atom. The van der Waals surface area contributed by atoms with Gasteiger partial charge in [0.1, 0.15) is 6.04 Å². The second-order valence-electron chi connectivity index (χ2n) is 6.46. The number of rotatable bonds is 3. The average Bonchev–Trinajstić information content (AvgIpc) is 2.39. The quantitative estimate of drug-likeness (QED) is 0.837. The van der Waals surface area contributed by atoms with Crippen LogP contribution in [0.15, 0.2) is 0 Å². The Bertz CT molecular complexity index is 349. The van der Waals surface area contributed by atoms with Gasteiger partial charge in [-0.15, -0.1) is 0 Å². The topological polar surface area (TPSA) is 58.6 Å². The molecule has 0 spiro atoms. The minimum absolute atomic E-state index is 0.0187. The maximum absolute atomic E-state index is 12.7. The van der Waals surface area contributed by atoms with Crippen LogP contribution in [0.5, 0.6) is 0 Å². The molecule has 0 bridgehead atoms. The molecule has 0 saturated carbocycles. The highest BCUT2D eigenvalue weighted by Crippen LogP contribution is 2.25. The summed E-state index contributed by atoms with van der Waals surface area (Å²) >= 11 is 0. The van der Waals surface area contributed by atoms with E-state index >= 15 is 0 Å². The SMILES string of the molecule is COC(C)CN1C(=O)C(C(C)(C)C)NC(=O)CC1C. The highest BCUT2D eigenvalue weighted by molar-refractivity contribution is 5.91. The third kappa shape index (κ3) is 3.93. The van der Waals surface area contributed by atoms with Gasteiger partial charge in [-0.3, -0.25) is 9.59 Å². The van der Waals surface area contributed by atoms with Crippen molar-refractivity contribution < 1.29 is 14.3 Å². The van der Waals surface area contributed by atoms with E-state index in [4.69, 9.17) is 4.74 Å². The first kappa shape index (κ1) is 16.0. The van der Waals surface area contributed by atoms with Crippen molar-refractivity contribution in [2.75, 3.05) is 13.7 Å². The number of methoxy groups -OCH3 is 1. The van der Waals surface area contributed by atoms with E-state index in [9.17, 15) is 9.59 Å². The van der Waals surface area contributed by atoms with E-state index in [1.165, 1.54) is 0 Å². The number of nitrogens with zero attached hydrogens (tertiary/aromatic N) is 1. The fourth-order valence-electron chi connectivity index (χ4n) is 2.25. The Kier molecular flexibility index (Phi) is 4.96. The first-order valence-corrected chi connectivity index (χ1v) is 6.79. The Labute approximate surface area is 115 Å². The molecule has 1 rings (SSSR count). The van der Waals surface area contributed by atoms with Crippen LogP contribution in [0.4, 0.5) is 0 Å². The summed E-state index contributed by atoms with van der Waals surface area (Å²) in [6.45, 7) is 10.2. The molecule has 0 aromatic carbocycles. The molecule has 2 amide bonds. The normalized spacial score (nSPS) is 26.9. The second-order valence-corrected chi connectivity index (χ2v) is 6.46. The Morgan fingerprint density at radius 1 is 1.42 bits per heavy atom. The van der Waals surface area contributed by atoms with Gasteiger partial charge in [-0.2, -0.15) is 0 Å². The van der Waals surface area contributed by atoms with Crippen molar-refractivity contribution in [3.63, 3.8) is 0 Å². The summed E-state index contributed by atoms with van der Waals surface area (Å²) in [5.74, 6) is -0.0805. The van der Waals surface area contributed by atoms with E-state index in [1.54, 1.807) is 12.0 Å². The maximum atomic E-state index is 12.7. The monoisotopic (exact) mass is 270 g/mol. The zero-order valence-corrected chi connectivity index (χ0v) is 12.8. The molecule has 5 heteroatoms. The number of carbonyl (C=O) groups is 2. The Hall–Kier alpha value is -1.10. The van der Waals surface area contributed by atoms with Crippen LogP contribution in [0.1, 0.15) is 41.0 Å². The number of carbonyl (C=O) groups excluding carboxylic acids is 2. The number of hydrogen-bond donors (Lipinski definition) is 1. The van der Waals surface area contributed by atoms with Crippen molar-refractivity contribution in [2.45, 2.75) is 59.2 Å². The first-order chi connectivity index (χ1) is 8.66. The lowest BCUT2D eigenvalue weighted by molar-refractivity contribution is -0.139. The molecule has 1 heterocycles. The molecule has 1 aliphatic rings. The van der Waals surface area contributed by atoms with Crippen LogP contribution in [0.2, 0.25) is 0 Å². The van der Waals surface area contributed by atoms with Crippen LogP contribution in [0.25, 0.3) is 0 Å². The van der Waals surface area contributed by atoms with Crippen LogP contribution in [-0.4, -0.2) is 48.6 Å². The van der Waals surface area contributed by atoms with E-state index in [0.717, 1.165) is 0 Å². The van der Waals surface area contributed by atoms with E-state index in [1.807, 2.05) is 34.6 Å². The molecule has 1 fully saturated rings. The van der Waals surface area contributed by atoms with Gasteiger partial charge in [-0.25, -0.2) is 0 Å². The smallest absolute Gasteiger partial charge is 0.246 e. The molecule has 1 saturated heterocycles. The third-order valence-corrected chi connectivity index (χ3v) is 3.57. The summed E-state index contributed by atoms with van der Waals surface area (Å²) < 4.78 is 5.24. The lowest BCUT2D eigenvalue weighted by Crippen LogP contribution is -2.54. The molecule has 1 aliphatic heterocycles. The fraction of sp³-hybridized carbons (Fsp3) is 0.857. The largest absolute Gasteiger partial charge is 0.380 e. The molecule has 0 aliphatic carbocycles. The summed E-state index contributed by atoms with van der Waals surface area (Å²) in [5, 5.41) is 2.85. The van der Waals surface area contributed by atoms with Gasteiger partial charge < -0.3 is 15.0 Å². The minimum Gasteiger partial charge on any atom is -0.380 e. The van der Waals surface area contributed by atoms with Crippen LogP contribution in [0.3, 0.4) is 0 Å². The van der Waals surface area contributed by atoms with Gasteiger partial charge in [0.2, 0.25) is 11.8 Å². The highest BCUT2D eigenvalue weighted by atomic mass is 16.5. The molecule has 0 radical (unpaired) electrons. The van der Waals surface area contributed by atoms with E-state index in [2.05, 4.69) is 5.32 Å². The molecule has 3 unspecified atom stereocenters. The van der Waals surface area contributed by atoms with Crippen LogP contribution in [-0.2, 0) is 14.3 Å². The molecular weight excluding hydrogens is 244 g/mol. The predicted octanol–water partition coefficient (Wildman–Crippen LogP) is 1.17. The van der Waals surface area contributed by atoms with Crippen molar-refractivity contribution in [1.29, 1.82) is 0 Å². The lowest BCUT2D eigenvalue weighted by atomic mass is 9.86. The molecule has 5 nitrogen and oxygen atoms in total. The van der Waals surface area contributed by atoms with Gasteiger partial charge >= 0.3 is 0 Å². The van der Waals surface area contributed by atoms with Gasteiger partial charge in [0.15, 0.2) is 0 Å². The van der Waals surface area contributed by atoms with Crippen molar-refractivity contribution in [1.82, 2.24) is 10.2 Å². The van der Waals surface area contributed by atoms with Gasteiger partial charge in [-0.05, 0) is 19.3 Å². The van der Waals surface area contributed by atoms with Crippen LogP contribution < -0.4 is 5.32 Å². The fourth-order valence-corrected chi connectivity index (χ4v) is 2.25. The Balaban J connectivity index is 2.99. The van der Waals surface area contributed by atoms with Gasteiger partial charge in [0.05, 0.1) is 6.10 Å². The van der Waals surface area contributed by atoms with E-state index in [-0.39, 0.29) is 29.4 Å². The number of amides is 2. The number of nitrogens with one attached hydrogen (secondary N) is 1. The standard InChI is InChI=1S/C14H26N2O3/c1-9-7-11(17)15-12(14(3,4)5)13(18)16(9)8-10(2)19-6/h9-10,12H,7-8H2,1-6H3,(H,15,17). The minimum atomic E-state index is -0.478. The number of hydrogen-bond acceptors (Lipinski definition) is 3. The maximum Gasteiger partial charge on any atom is 0.246 e. The predicted molar refractivity (Wildman–Crippen MR) is 73.6 cm³/mol.